The van der Waals surface area contributed by atoms with E-state index in [0.29, 0.717) is 38.9 Å². The maximum atomic E-state index is 12.7. The zero-order valence-corrected chi connectivity index (χ0v) is 17.7. The van der Waals surface area contributed by atoms with Gasteiger partial charge < -0.3 is 23.9 Å². The maximum Gasteiger partial charge on any atom is 0.262 e. The monoisotopic (exact) mass is 451 g/mol. The number of anilines is 1. The van der Waals surface area contributed by atoms with Gasteiger partial charge in [-0.2, -0.15) is 0 Å². The van der Waals surface area contributed by atoms with E-state index in [1.807, 2.05) is 0 Å². The lowest BCUT2D eigenvalue weighted by Crippen LogP contribution is -2.20. The normalized spacial score (nSPS) is 10.6. The summed E-state index contributed by atoms with van der Waals surface area (Å²) in [6.45, 7) is -0.236. The van der Waals surface area contributed by atoms with Crippen molar-refractivity contribution in [3.05, 3.63) is 88.2 Å². The first-order valence-electron chi connectivity index (χ1n) is 9.58. The van der Waals surface area contributed by atoms with Crippen molar-refractivity contribution in [2.45, 2.75) is 0 Å². The van der Waals surface area contributed by atoms with Crippen LogP contribution in [0.1, 0.15) is 0 Å². The molecular formula is C24H18ClNO6. The quantitative estimate of drug-likeness (QED) is 0.412. The van der Waals surface area contributed by atoms with Crippen LogP contribution in [0.3, 0.4) is 0 Å². The fourth-order valence-electron chi connectivity index (χ4n) is 2.92. The van der Waals surface area contributed by atoms with Crippen LogP contribution < -0.4 is 25.0 Å². The van der Waals surface area contributed by atoms with Gasteiger partial charge in [-0.05, 0) is 48.5 Å². The summed E-state index contributed by atoms with van der Waals surface area (Å²) in [6, 6.07) is 18.4. The Morgan fingerprint density at radius 3 is 2.47 bits per heavy atom. The lowest BCUT2D eigenvalue weighted by Gasteiger charge is -2.09. The van der Waals surface area contributed by atoms with Gasteiger partial charge in [0.05, 0.1) is 23.2 Å². The number of nitrogens with one attached hydrogen (secondary N) is 1. The van der Waals surface area contributed by atoms with Crippen LogP contribution in [0.5, 0.6) is 23.0 Å². The average molecular weight is 452 g/mol. The molecule has 1 heterocycles. The van der Waals surface area contributed by atoms with Gasteiger partial charge in [-0.15, -0.1) is 0 Å². The molecule has 32 heavy (non-hydrogen) atoms. The summed E-state index contributed by atoms with van der Waals surface area (Å²) in [5, 5.41) is 3.43. The number of methoxy groups -OCH3 is 1. The Hall–Kier alpha value is -3.97. The van der Waals surface area contributed by atoms with Gasteiger partial charge in [0.1, 0.15) is 29.1 Å². The third-order valence-corrected chi connectivity index (χ3v) is 4.85. The topological polar surface area (TPSA) is 87.0 Å². The number of fused-ring (bicyclic) bond motifs is 1. The fourth-order valence-corrected chi connectivity index (χ4v) is 3.10. The van der Waals surface area contributed by atoms with E-state index in [4.69, 9.17) is 30.2 Å². The molecule has 0 saturated carbocycles. The zero-order valence-electron chi connectivity index (χ0n) is 17.0. The first kappa shape index (κ1) is 21.3. The fraction of sp³-hybridized carbons (Fsp3) is 0.0833. The van der Waals surface area contributed by atoms with Crippen LogP contribution in [0.15, 0.2) is 82.2 Å². The molecule has 1 aromatic heterocycles. The molecule has 0 aliphatic heterocycles. The molecule has 4 aromatic rings. The van der Waals surface area contributed by atoms with Crippen LogP contribution in [0.4, 0.5) is 5.69 Å². The Morgan fingerprint density at radius 1 is 1.00 bits per heavy atom. The predicted octanol–water partition coefficient (Wildman–Crippen LogP) is 5.26. The number of amides is 1. The summed E-state index contributed by atoms with van der Waals surface area (Å²) in [6.07, 6.45) is 1.24. The molecule has 4 rings (SSSR count). The highest BCUT2D eigenvalue weighted by Crippen LogP contribution is 2.25. The Kier molecular flexibility index (Phi) is 6.28. The number of hydrogen-bond donors (Lipinski definition) is 1. The number of para-hydroxylation sites is 1. The smallest absolute Gasteiger partial charge is 0.262 e. The molecule has 0 bridgehead atoms. The molecule has 0 radical (unpaired) electrons. The third kappa shape index (κ3) is 4.84. The Labute approximate surface area is 188 Å². The summed E-state index contributed by atoms with van der Waals surface area (Å²) in [5.41, 5.74) is 0.475. The van der Waals surface area contributed by atoms with Crippen molar-refractivity contribution in [3.63, 3.8) is 0 Å². The maximum absolute atomic E-state index is 12.7. The third-order valence-electron chi connectivity index (χ3n) is 4.52. The summed E-state index contributed by atoms with van der Waals surface area (Å²) >= 11 is 6.03. The number of benzene rings is 3. The van der Waals surface area contributed by atoms with Crippen LogP contribution in [0.25, 0.3) is 11.0 Å². The minimum Gasteiger partial charge on any atom is -0.497 e. The molecule has 8 heteroatoms. The van der Waals surface area contributed by atoms with Crippen LogP contribution in [0, 0.1) is 0 Å². The van der Waals surface area contributed by atoms with E-state index in [1.165, 1.54) is 12.3 Å². The second kappa shape index (κ2) is 9.45. The lowest BCUT2D eigenvalue weighted by molar-refractivity contribution is -0.118. The highest BCUT2D eigenvalue weighted by molar-refractivity contribution is 6.33. The molecule has 0 aliphatic carbocycles. The number of carbonyl (C=O) groups excluding carboxylic acids is 1. The molecule has 1 N–H and O–H groups in total. The molecule has 0 saturated heterocycles. The molecule has 0 unspecified atom stereocenters. The molecule has 0 spiro atoms. The van der Waals surface area contributed by atoms with Crippen LogP contribution >= 0.6 is 11.6 Å². The molecule has 0 atom stereocenters. The van der Waals surface area contributed by atoms with Crippen molar-refractivity contribution in [2.24, 2.45) is 0 Å². The number of ether oxygens (including phenoxy) is 3. The molecule has 0 aliphatic rings. The number of rotatable bonds is 7. The first-order chi connectivity index (χ1) is 15.5. The van der Waals surface area contributed by atoms with E-state index in [0.717, 1.165) is 0 Å². The Morgan fingerprint density at radius 2 is 1.72 bits per heavy atom. The summed E-state index contributed by atoms with van der Waals surface area (Å²) in [7, 11) is 1.57. The number of halogens is 1. The second-order valence-electron chi connectivity index (χ2n) is 6.68. The SMILES string of the molecule is COc1ccc(Oc2coc3cc(OCC(=O)Nc4ccccc4Cl)ccc3c2=O)cc1. The van der Waals surface area contributed by atoms with Crippen LogP contribution in [0.2, 0.25) is 5.02 Å². The van der Waals surface area contributed by atoms with E-state index in [1.54, 1.807) is 67.8 Å². The standard InChI is InChI=1S/C24H18ClNO6/c1-29-15-6-8-16(9-7-15)32-22-13-31-21-12-17(10-11-18(21)24(22)28)30-14-23(27)26-20-5-3-2-4-19(20)25/h2-13H,14H2,1H3,(H,26,27). The molecular weight excluding hydrogens is 434 g/mol. The molecule has 3 aromatic carbocycles. The van der Waals surface area contributed by atoms with Crippen molar-refractivity contribution >= 4 is 34.2 Å². The molecule has 1 amide bonds. The second-order valence-corrected chi connectivity index (χ2v) is 7.09. The van der Waals surface area contributed by atoms with Crippen LogP contribution in [-0.2, 0) is 4.79 Å². The van der Waals surface area contributed by atoms with Gasteiger partial charge >= 0.3 is 0 Å². The van der Waals surface area contributed by atoms with Crippen molar-refractivity contribution in [2.75, 3.05) is 19.0 Å². The first-order valence-corrected chi connectivity index (χ1v) is 9.96. The van der Waals surface area contributed by atoms with Gasteiger partial charge in [-0.1, -0.05) is 23.7 Å². The Bertz CT molecular complexity index is 1320. The minimum atomic E-state index is -0.372. The number of hydrogen-bond acceptors (Lipinski definition) is 6. The van der Waals surface area contributed by atoms with Crippen molar-refractivity contribution in [1.29, 1.82) is 0 Å². The molecule has 7 nitrogen and oxygen atoms in total. The zero-order chi connectivity index (χ0) is 22.5. The largest absolute Gasteiger partial charge is 0.497 e. The molecule has 162 valence electrons. The highest BCUT2D eigenvalue weighted by atomic mass is 35.5. The summed E-state index contributed by atoms with van der Waals surface area (Å²) in [4.78, 5) is 24.9. The van der Waals surface area contributed by atoms with Crippen molar-refractivity contribution < 1.29 is 23.4 Å². The van der Waals surface area contributed by atoms with E-state index >= 15 is 0 Å². The van der Waals surface area contributed by atoms with E-state index in [2.05, 4.69) is 5.32 Å². The minimum absolute atomic E-state index is 0.0513. The van der Waals surface area contributed by atoms with Gasteiger partial charge in [0.2, 0.25) is 11.2 Å². The summed E-state index contributed by atoms with van der Waals surface area (Å²) < 4.78 is 21.8. The van der Waals surface area contributed by atoms with E-state index in [-0.39, 0.29) is 23.7 Å². The predicted molar refractivity (Wildman–Crippen MR) is 121 cm³/mol. The van der Waals surface area contributed by atoms with Gasteiger partial charge in [0, 0.05) is 6.07 Å². The Balaban J connectivity index is 1.45. The van der Waals surface area contributed by atoms with E-state index < -0.39 is 0 Å². The van der Waals surface area contributed by atoms with Gasteiger partial charge in [0.25, 0.3) is 5.91 Å². The van der Waals surface area contributed by atoms with Crippen molar-refractivity contribution in [3.8, 4) is 23.0 Å². The highest BCUT2D eigenvalue weighted by Gasteiger charge is 2.12. The van der Waals surface area contributed by atoms with Gasteiger partial charge in [-0.3, -0.25) is 9.59 Å². The number of carbonyl (C=O) groups is 1. The van der Waals surface area contributed by atoms with Crippen molar-refractivity contribution in [1.82, 2.24) is 0 Å². The van der Waals surface area contributed by atoms with Crippen LogP contribution in [-0.4, -0.2) is 19.6 Å². The van der Waals surface area contributed by atoms with Gasteiger partial charge in [-0.25, -0.2) is 0 Å². The van der Waals surface area contributed by atoms with E-state index in [9.17, 15) is 9.59 Å². The lowest BCUT2D eigenvalue weighted by atomic mass is 10.2. The molecule has 0 fully saturated rings. The average Bonchev–Trinajstić information content (AvgIpc) is 2.81. The van der Waals surface area contributed by atoms with Gasteiger partial charge in [0.15, 0.2) is 6.61 Å². The summed E-state index contributed by atoms with van der Waals surface area (Å²) in [5.74, 6) is 1.20.